The Balaban J connectivity index is 1.43. The molecule has 4 aromatic carbocycles. The molecule has 0 saturated carbocycles. The van der Waals surface area contributed by atoms with Crippen LogP contribution in [-0.2, 0) is 9.59 Å². The molecular formula is C32H26Cl2FN3O5S. The highest BCUT2D eigenvalue weighted by Gasteiger charge is 2.18. The molecule has 0 fully saturated rings. The molecule has 0 atom stereocenters. The summed E-state index contributed by atoms with van der Waals surface area (Å²) in [6.07, 6.45) is 1.18. The second kappa shape index (κ2) is 15.3. The number of anilines is 2. The number of carbonyl (C=O) groups excluding carboxylic acids is 3. The second-order valence-corrected chi connectivity index (χ2v) is 10.9. The molecule has 3 N–H and O–H groups in total. The van der Waals surface area contributed by atoms with Gasteiger partial charge >= 0.3 is 0 Å². The summed E-state index contributed by atoms with van der Waals surface area (Å²) in [5.41, 5.74) is 0.856. The van der Waals surface area contributed by atoms with E-state index in [1.165, 1.54) is 50.3 Å². The molecule has 0 spiro atoms. The van der Waals surface area contributed by atoms with Crippen molar-refractivity contribution in [3.05, 3.63) is 118 Å². The van der Waals surface area contributed by atoms with Crippen molar-refractivity contribution >= 4 is 70.1 Å². The molecule has 0 heterocycles. The quantitative estimate of drug-likeness (QED) is 0.116. The van der Waals surface area contributed by atoms with E-state index in [1.807, 2.05) is 0 Å². The SMILES string of the molecule is COc1cc(OC)c(NC(=O)CSc2ccc(NC(=O)/C(=C/c3c(F)cccc3Cl)NC(=O)c3ccccc3)cc2)cc1Cl. The number of hydrogen-bond donors (Lipinski definition) is 3. The van der Waals surface area contributed by atoms with Crippen LogP contribution in [0.2, 0.25) is 10.0 Å². The van der Waals surface area contributed by atoms with Gasteiger partial charge in [-0.05, 0) is 60.7 Å². The Morgan fingerprint density at radius 2 is 1.55 bits per heavy atom. The third-order valence-corrected chi connectivity index (χ3v) is 7.68. The van der Waals surface area contributed by atoms with Crippen molar-refractivity contribution in [1.29, 1.82) is 0 Å². The van der Waals surface area contributed by atoms with Crippen LogP contribution >= 0.6 is 35.0 Å². The van der Waals surface area contributed by atoms with E-state index in [0.29, 0.717) is 33.5 Å². The predicted molar refractivity (Wildman–Crippen MR) is 172 cm³/mol. The lowest BCUT2D eigenvalue weighted by molar-refractivity contribution is -0.114. The summed E-state index contributed by atoms with van der Waals surface area (Å²) in [6.45, 7) is 0. The Bertz CT molecular complexity index is 1680. The summed E-state index contributed by atoms with van der Waals surface area (Å²) in [6, 6.07) is 22.2. The van der Waals surface area contributed by atoms with Crippen LogP contribution in [0.15, 0.2) is 95.5 Å². The van der Waals surface area contributed by atoms with Crippen molar-refractivity contribution < 1.29 is 28.2 Å². The van der Waals surface area contributed by atoms with Gasteiger partial charge in [-0.2, -0.15) is 0 Å². The molecule has 0 aliphatic rings. The summed E-state index contributed by atoms with van der Waals surface area (Å²) in [5.74, 6) is -1.30. The van der Waals surface area contributed by atoms with Crippen molar-refractivity contribution in [3.8, 4) is 11.5 Å². The molecule has 4 aromatic rings. The van der Waals surface area contributed by atoms with Crippen LogP contribution in [0.3, 0.4) is 0 Å². The molecule has 0 bridgehead atoms. The largest absolute Gasteiger partial charge is 0.495 e. The van der Waals surface area contributed by atoms with E-state index in [0.717, 1.165) is 4.90 Å². The highest BCUT2D eigenvalue weighted by molar-refractivity contribution is 8.00. The van der Waals surface area contributed by atoms with Gasteiger partial charge in [-0.1, -0.05) is 47.5 Å². The lowest BCUT2D eigenvalue weighted by atomic mass is 10.1. The highest BCUT2D eigenvalue weighted by Crippen LogP contribution is 2.36. The molecule has 4 rings (SSSR count). The first kappa shape index (κ1) is 32.4. The Morgan fingerprint density at radius 1 is 0.841 bits per heavy atom. The minimum absolute atomic E-state index is 0.0489. The molecule has 0 aromatic heterocycles. The maximum Gasteiger partial charge on any atom is 0.272 e. The Morgan fingerprint density at radius 3 is 2.20 bits per heavy atom. The van der Waals surface area contributed by atoms with Crippen LogP contribution in [0, 0.1) is 5.82 Å². The van der Waals surface area contributed by atoms with Crippen LogP contribution in [0.25, 0.3) is 6.08 Å². The summed E-state index contributed by atoms with van der Waals surface area (Å²) in [7, 11) is 2.95. The van der Waals surface area contributed by atoms with Crippen molar-refractivity contribution in [2.45, 2.75) is 4.90 Å². The van der Waals surface area contributed by atoms with Crippen LogP contribution < -0.4 is 25.4 Å². The van der Waals surface area contributed by atoms with Gasteiger partial charge < -0.3 is 25.4 Å². The van der Waals surface area contributed by atoms with E-state index in [2.05, 4.69) is 16.0 Å². The number of ether oxygens (including phenoxy) is 2. The number of hydrogen-bond acceptors (Lipinski definition) is 6. The van der Waals surface area contributed by atoms with E-state index < -0.39 is 17.6 Å². The molecule has 0 aliphatic carbocycles. The van der Waals surface area contributed by atoms with E-state index >= 15 is 0 Å². The van der Waals surface area contributed by atoms with E-state index in [9.17, 15) is 18.8 Å². The Hall–Kier alpha value is -4.51. The lowest BCUT2D eigenvalue weighted by Gasteiger charge is -2.13. The number of carbonyl (C=O) groups is 3. The van der Waals surface area contributed by atoms with Crippen molar-refractivity contribution in [3.63, 3.8) is 0 Å². The number of benzene rings is 4. The van der Waals surface area contributed by atoms with E-state index in [-0.39, 0.29) is 27.9 Å². The van der Waals surface area contributed by atoms with Crippen molar-refractivity contribution in [2.75, 3.05) is 30.6 Å². The second-order valence-electron chi connectivity index (χ2n) is 9.02. The fourth-order valence-corrected chi connectivity index (χ4v) is 5.02. The Kier molecular flexibility index (Phi) is 11.3. The molecule has 44 heavy (non-hydrogen) atoms. The van der Waals surface area contributed by atoms with E-state index in [1.54, 1.807) is 66.7 Å². The van der Waals surface area contributed by atoms with E-state index in [4.69, 9.17) is 32.7 Å². The number of rotatable bonds is 11. The van der Waals surface area contributed by atoms with Gasteiger partial charge in [-0.15, -0.1) is 11.8 Å². The first-order valence-corrected chi connectivity index (χ1v) is 14.7. The van der Waals surface area contributed by atoms with Crippen molar-refractivity contribution in [2.24, 2.45) is 0 Å². The summed E-state index contributed by atoms with van der Waals surface area (Å²) in [5, 5.41) is 8.41. The fraction of sp³-hybridized carbons (Fsp3) is 0.0938. The molecule has 0 unspecified atom stereocenters. The van der Waals surface area contributed by atoms with Gasteiger partial charge in [0.05, 0.1) is 35.7 Å². The maximum absolute atomic E-state index is 14.5. The van der Waals surface area contributed by atoms with Crippen LogP contribution in [0.5, 0.6) is 11.5 Å². The zero-order chi connectivity index (χ0) is 31.6. The first-order chi connectivity index (χ1) is 21.2. The highest BCUT2D eigenvalue weighted by atomic mass is 35.5. The molecule has 0 aliphatic heterocycles. The van der Waals surface area contributed by atoms with Gasteiger partial charge in [0.15, 0.2) is 0 Å². The third-order valence-electron chi connectivity index (χ3n) is 6.05. The maximum atomic E-state index is 14.5. The molecular weight excluding hydrogens is 628 g/mol. The minimum Gasteiger partial charge on any atom is -0.495 e. The van der Waals surface area contributed by atoms with Crippen LogP contribution in [-0.4, -0.2) is 37.7 Å². The van der Waals surface area contributed by atoms with Gasteiger partial charge in [0.25, 0.3) is 11.8 Å². The monoisotopic (exact) mass is 653 g/mol. The summed E-state index contributed by atoms with van der Waals surface area (Å²) >= 11 is 13.6. The van der Waals surface area contributed by atoms with Gasteiger partial charge in [0.1, 0.15) is 23.0 Å². The molecule has 0 radical (unpaired) electrons. The fourth-order valence-electron chi connectivity index (χ4n) is 3.86. The normalized spacial score (nSPS) is 11.0. The van der Waals surface area contributed by atoms with Gasteiger partial charge in [-0.3, -0.25) is 14.4 Å². The molecule has 8 nitrogen and oxygen atoms in total. The first-order valence-electron chi connectivity index (χ1n) is 13.0. The molecule has 12 heteroatoms. The smallest absolute Gasteiger partial charge is 0.272 e. The zero-order valence-corrected chi connectivity index (χ0v) is 25.8. The van der Waals surface area contributed by atoms with Crippen molar-refractivity contribution in [1.82, 2.24) is 5.32 Å². The van der Waals surface area contributed by atoms with Crippen LogP contribution in [0.1, 0.15) is 15.9 Å². The van der Waals surface area contributed by atoms with Gasteiger partial charge in [0, 0.05) is 27.8 Å². The average molecular weight is 655 g/mol. The number of halogens is 3. The molecule has 3 amide bonds. The number of amides is 3. The number of nitrogens with one attached hydrogen (secondary N) is 3. The average Bonchev–Trinajstić information content (AvgIpc) is 3.02. The third kappa shape index (κ3) is 8.53. The molecule has 226 valence electrons. The lowest BCUT2D eigenvalue weighted by Crippen LogP contribution is -2.30. The number of thioether (sulfide) groups is 1. The van der Waals surface area contributed by atoms with Crippen LogP contribution in [0.4, 0.5) is 15.8 Å². The predicted octanol–water partition coefficient (Wildman–Crippen LogP) is 7.29. The van der Waals surface area contributed by atoms with Gasteiger partial charge in [-0.25, -0.2) is 4.39 Å². The number of methoxy groups -OCH3 is 2. The van der Waals surface area contributed by atoms with Gasteiger partial charge in [0.2, 0.25) is 5.91 Å². The standard InChI is InChI=1S/C32H26Cl2FN3O5S/c1-42-28-17-29(43-2)26(16-24(28)34)37-30(39)18-44-21-13-11-20(12-14-21)36-32(41)27(15-22-23(33)9-6-10-25(22)35)38-31(40)19-7-4-3-5-8-19/h3-17H,18H2,1-2H3,(H,36,41)(H,37,39)(H,38,40)/b27-15-. The summed E-state index contributed by atoms with van der Waals surface area (Å²) < 4.78 is 25.0. The Labute approximate surface area is 267 Å². The molecule has 0 saturated heterocycles. The topological polar surface area (TPSA) is 106 Å². The summed E-state index contributed by atoms with van der Waals surface area (Å²) in [4.78, 5) is 39.4. The minimum atomic E-state index is -0.694. The zero-order valence-electron chi connectivity index (χ0n) is 23.5.